The summed E-state index contributed by atoms with van der Waals surface area (Å²) in [5, 5.41) is 12.1. The molecule has 1 atom stereocenters. The van der Waals surface area contributed by atoms with E-state index in [0.29, 0.717) is 5.92 Å². The van der Waals surface area contributed by atoms with Gasteiger partial charge in [-0.1, -0.05) is 38.1 Å². The van der Waals surface area contributed by atoms with E-state index in [4.69, 9.17) is 5.11 Å². The molecule has 154 valence electrons. The minimum atomic E-state index is -0.791. The molecule has 1 aliphatic carbocycles. The van der Waals surface area contributed by atoms with Gasteiger partial charge in [0, 0.05) is 31.1 Å². The second-order valence-electron chi connectivity index (χ2n) is 8.11. The van der Waals surface area contributed by atoms with Crippen LogP contribution in [0.25, 0.3) is 0 Å². The molecule has 0 bridgehead atoms. The Kier molecular flexibility index (Phi) is 6.94. The maximum absolute atomic E-state index is 12.7. The van der Waals surface area contributed by atoms with Gasteiger partial charge in [-0.05, 0) is 49.8 Å². The number of piperidine rings is 1. The van der Waals surface area contributed by atoms with Gasteiger partial charge in [0.1, 0.15) is 0 Å². The maximum Gasteiger partial charge on any atom is 0.317 e. The number of hydrogen-bond donors (Lipinski definition) is 2. The highest BCUT2D eigenvalue weighted by molar-refractivity contribution is 5.75. The molecule has 6 heteroatoms. The van der Waals surface area contributed by atoms with E-state index < -0.39 is 5.97 Å². The van der Waals surface area contributed by atoms with Crippen LogP contribution in [0.5, 0.6) is 0 Å². The van der Waals surface area contributed by atoms with Crippen LogP contribution in [-0.4, -0.2) is 65.2 Å². The number of aryl methyl sites for hydroxylation is 1. The monoisotopic (exact) mass is 387 g/mol. The molecule has 1 saturated carbocycles. The predicted molar refractivity (Wildman–Crippen MR) is 110 cm³/mol. The normalized spacial score (nSPS) is 24.7. The molecule has 0 aromatic heterocycles. The number of benzene rings is 1. The van der Waals surface area contributed by atoms with Gasteiger partial charge >= 0.3 is 12.0 Å². The summed E-state index contributed by atoms with van der Waals surface area (Å²) in [6, 6.07) is 9.26. The first-order chi connectivity index (χ1) is 13.5. The zero-order valence-corrected chi connectivity index (χ0v) is 17.1. The summed E-state index contributed by atoms with van der Waals surface area (Å²) in [6.07, 6.45) is 4.87. The van der Waals surface area contributed by atoms with Crippen molar-refractivity contribution in [1.82, 2.24) is 15.1 Å². The number of carbonyl (C=O) groups excluding carboxylic acids is 1. The van der Waals surface area contributed by atoms with Crippen LogP contribution in [0.15, 0.2) is 24.3 Å². The average molecular weight is 388 g/mol. The van der Waals surface area contributed by atoms with Crippen LogP contribution in [0.2, 0.25) is 0 Å². The van der Waals surface area contributed by atoms with Gasteiger partial charge in [-0.15, -0.1) is 0 Å². The maximum atomic E-state index is 12.7. The van der Waals surface area contributed by atoms with Gasteiger partial charge in [-0.3, -0.25) is 9.69 Å². The molecule has 0 radical (unpaired) electrons. The number of carboxylic acid groups (broad SMARTS) is 1. The summed E-state index contributed by atoms with van der Waals surface area (Å²) in [6.45, 7) is 6.53. The lowest BCUT2D eigenvalue weighted by molar-refractivity contribution is -0.139. The molecule has 6 nitrogen and oxygen atoms in total. The summed E-state index contributed by atoms with van der Waals surface area (Å²) in [5.74, 6) is -0.383. The standard InChI is InChI=1S/C22H33N3O3/c1-3-16-7-9-17(10-8-16)18-6-5-11-25(14-18)22(28)23-19-12-20(13-19)24(4-2)15-21(26)27/h7-10,18-20H,3-6,11-15H2,1-2H3,(H,23,28)(H,26,27). The summed E-state index contributed by atoms with van der Waals surface area (Å²) < 4.78 is 0. The van der Waals surface area contributed by atoms with E-state index in [9.17, 15) is 9.59 Å². The third-order valence-electron chi connectivity index (χ3n) is 6.27. The van der Waals surface area contributed by atoms with E-state index in [1.54, 1.807) is 0 Å². The Morgan fingerprint density at radius 1 is 1.21 bits per heavy atom. The van der Waals surface area contributed by atoms with Crippen LogP contribution < -0.4 is 5.32 Å². The first-order valence-corrected chi connectivity index (χ1v) is 10.6. The number of aliphatic carboxylic acids is 1. The smallest absolute Gasteiger partial charge is 0.317 e. The number of likely N-dealkylation sites (tertiary alicyclic amines) is 1. The average Bonchev–Trinajstić information content (AvgIpc) is 2.68. The molecule has 1 aromatic rings. The molecule has 3 rings (SSSR count). The first kappa shape index (κ1) is 20.6. The molecule has 28 heavy (non-hydrogen) atoms. The van der Waals surface area contributed by atoms with Crippen LogP contribution in [-0.2, 0) is 11.2 Å². The second-order valence-corrected chi connectivity index (χ2v) is 8.11. The number of nitrogens with zero attached hydrogens (tertiary/aromatic N) is 2. The molecular formula is C22H33N3O3. The van der Waals surface area contributed by atoms with Crippen molar-refractivity contribution in [2.45, 2.75) is 64.0 Å². The Morgan fingerprint density at radius 2 is 1.93 bits per heavy atom. The Morgan fingerprint density at radius 3 is 2.54 bits per heavy atom. The van der Waals surface area contributed by atoms with Crippen molar-refractivity contribution < 1.29 is 14.7 Å². The van der Waals surface area contributed by atoms with Crippen LogP contribution in [0.1, 0.15) is 56.6 Å². The number of urea groups is 1. The molecule has 2 amide bonds. The lowest BCUT2D eigenvalue weighted by Gasteiger charge is -2.43. The fourth-order valence-corrected chi connectivity index (χ4v) is 4.40. The van der Waals surface area contributed by atoms with Crippen molar-refractivity contribution in [1.29, 1.82) is 0 Å². The second kappa shape index (κ2) is 9.41. The van der Waals surface area contributed by atoms with E-state index in [-0.39, 0.29) is 24.7 Å². The van der Waals surface area contributed by atoms with E-state index in [0.717, 1.165) is 51.7 Å². The largest absolute Gasteiger partial charge is 0.480 e. The minimum absolute atomic E-state index is 0.0274. The lowest BCUT2D eigenvalue weighted by Crippen LogP contribution is -2.57. The summed E-state index contributed by atoms with van der Waals surface area (Å²) in [5.41, 5.74) is 2.67. The summed E-state index contributed by atoms with van der Waals surface area (Å²) >= 11 is 0. The highest BCUT2D eigenvalue weighted by Gasteiger charge is 2.36. The third-order valence-corrected chi connectivity index (χ3v) is 6.27. The van der Waals surface area contributed by atoms with Crippen LogP contribution in [0.4, 0.5) is 4.79 Å². The molecule has 1 saturated heterocycles. The van der Waals surface area contributed by atoms with Gasteiger partial charge in [0.15, 0.2) is 0 Å². The molecule has 0 spiro atoms. The number of amides is 2. The van der Waals surface area contributed by atoms with Gasteiger partial charge in [0.25, 0.3) is 0 Å². The van der Waals surface area contributed by atoms with Crippen molar-refractivity contribution >= 4 is 12.0 Å². The van der Waals surface area contributed by atoms with Gasteiger partial charge in [0.05, 0.1) is 6.54 Å². The number of carboxylic acids is 1. The number of carbonyl (C=O) groups is 2. The van der Waals surface area contributed by atoms with E-state index in [1.807, 2.05) is 16.7 Å². The van der Waals surface area contributed by atoms with E-state index >= 15 is 0 Å². The molecular weight excluding hydrogens is 354 g/mol. The molecule has 1 aliphatic heterocycles. The van der Waals surface area contributed by atoms with Crippen LogP contribution in [0, 0.1) is 0 Å². The lowest BCUT2D eigenvalue weighted by atomic mass is 9.85. The Balaban J connectivity index is 1.47. The van der Waals surface area contributed by atoms with Crippen molar-refractivity contribution in [2.24, 2.45) is 0 Å². The Labute approximate surface area is 167 Å². The quantitative estimate of drug-likeness (QED) is 0.754. The summed E-state index contributed by atoms with van der Waals surface area (Å²) in [7, 11) is 0. The first-order valence-electron chi connectivity index (χ1n) is 10.6. The summed E-state index contributed by atoms with van der Waals surface area (Å²) in [4.78, 5) is 27.6. The Hall–Kier alpha value is -2.08. The van der Waals surface area contributed by atoms with Gasteiger partial charge in [-0.2, -0.15) is 0 Å². The number of hydrogen-bond acceptors (Lipinski definition) is 3. The highest BCUT2D eigenvalue weighted by Crippen LogP contribution is 2.29. The van der Waals surface area contributed by atoms with Crippen molar-refractivity contribution in [3.05, 3.63) is 35.4 Å². The minimum Gasteiger partial charge on any atom is -0.480 e. The number of likely N-dealkylation sites (N-methyl/N-ethyl adjacent to an activating group) is 1. The van der Waals surface area contributed by atoms with E-state index in [2.05, 4.69) is 36.5 Å². The van der Waals surface area contributed by atoms with Crippen LogP contribution >= 0.6 is 0 Å². The predicted octanol–water partition coefficient (Wildman–Crippen LogP) is 3.08. The molecule has 1 unspecified atom stereocenters. The topological polar surface area (TPSA) is 72.9 Å². The van der Waals surface area contributed by atoms with Crippen molar-refractivity contribution in [2.75, 3.05) is 26.2 Å². The molecule has 1 aromatic carbocycles. The third kappa shape index (κ3) is 5.04. The molecule has 2 fully saturated rings. The van der Waals surface area contributed by atoms with Crippen LogP contribution in [0.3, 0.4) is 0 Å². The van der Waals surface area contributed by atoms with Crippen molar-refractivity contribution in [3.8, 4) is 0 Å². The van der Waals surface area contributed by atoms with Gasteiger partial charge in [-0.25, -0.2) is 4.79 Å². The molecule has 1 heterocycles. The highest BCUT2D eigenvalue weighted by atomic mass is 16.4. The van der Waals surface area contributed by atoms with Crippen molar-refractivity contribution in [3.63, 3.8) is 0 Å². The number of rotatable bonds is 7. The zero-order chi connectivity index (χ0) is 20.1. The fourth-order valence-electron chi connectivity index (χ4n) is 4.40. The molecule has 2 N–H and O–H groups in total. The van der Waals surface area contributed by atoms with Gasteiger partial charge in [0.2, 0.25) is 0 Å². The SMILES string of the molecule is CCc1ccc(C2CCCN(C(=O)NC3CC(N(CC)CC(=O)O)C3)C2)cc1. The zero-order valence-electron chi connectivity index (χ0n) is 17.1. The van der Waals surface area contributed by atoms with E-state index in [1.165, 1.54) is 11.1 Å². The Bertz CT molecular complexity index is 670. The number of nitrogens with one attached hydrogen (secondary N) is 1. The fraction of sp³-hybridized carbons (Fsp3) is 0.636. The molecule has 2 aliphatic rings. The van der Waals surface area contributed by atoms with Gasteiger partial charge < -0.3 is 15.3 Å².